The first-order valence-corrected chi connectivity index (χ1v) is 8.37. The molecule has 1 aromatic carbocycles. The van der Waals surface area contributed by atoms with E-state index >= 15 is 0 Å². The minimum absolute atomic E-state index is 0.574. The van der Waals surface area contributed by atoms with Crippen LogP contribution in [0.5, 0.6) is 5.75 Å². The molecule has 0 bridgehead atoms. The summed E-state index contributed by atoms with van der Waals surface area (Å²) >= 11 is 3.42. The van der Waals surface area contributed by atoms with E-state index in [0.717, 1.165) is 35.7 Å². The van der Waals surface area contributed by atoms with Crippen LogP contribution in [0.1, 0.15) is 6.42 Å². The fraction of sp³-hybridized carbons (Fsp3) is 0.375. The van der Waals surface area contributed by atoms with Crippen LogP contribution < -0.4 is 15.4 Å². The molecule has 2 N–H and O–H groups in total. The van der Waals surface area contributed by atoms with Gasteiger partial charge < -0.3 is 15.4 Å². The number of hydrogen-bond donors (Lipinski definition) is 2. The molecule has 0 spiro atoms. The summed E-state index contributed by atoms with van der Waals surface area (Å²) in [6.07, 6.45) is 4.74. The first-order chi connectivity index (χ1) is 11.3. The van der Waals surface area contributed by atoms with Crippen LogP contribution in [0.2, 0.25) is 0 Å². The summed E-state index contributed by atoms with van der Waals surface area (Å²) in [5.41, 5.74) is 0. The predicted molar refractivity (Wildman–Crippen MR) is 95.8 cm³/mol. The zero-order valence-electron chi connectivity index (χ0n) is 13.2. The van der Waals surface area contributed by atoms with Gasteiger partial charge in [0.15, 0.2) is 5.96 Å². The predicted octanol–water partition coefficient (Wildman–Crippen LogP) is 2.28. The Morgan fingerprint density at radius 1 is 1.30 bits per heavy atom. The van der Waals surface area contributed by atoms with Crippen LogP contribution in [-0.2, 0) is 6.54 Å². The van der Waals surface area contributed by atoms with Crippen molar-refractivity contribution >= 4 is 21.9 Å². The van der Waals surface area contributed by atoms with Gasteiger partial charge in [0.25, 0.3) is 0 Å². The Hall–Kier alpha value is -2.02. The molecule has 124 valence electrons. The number of aromatic nitrogens is 2. The Labute approximate surface area is 145 Å². The normalized spacial score (nSPS) is 11.3. The summed E-state index contributed by atoms with van der Waals surface area (Å²) in [7, 11) is 1.76. The molecular formula is C16H22BrN5O. The molecule has 0 saturated heterocycles. The van der Waals surface area contributed by atoms with E-state index in [0.29, 0.717) is 13.2 Å². The number of nitrogens with one attached hydrogen (secondary N) is 2. The molecule has 6 nitrogen and oxygen atoms in total. The first kappa shape index (κ1) is 17.3. The second-order valence-corrected chi connectivity index (χ2v) is 5.77. The van der Waals surface area contributed by atoms with Crippen molar-refractivity contribution in [2.24, 2.45) is 4.99 Å². The largest absolute Gasteiger partial charge is 0.492 e. The van der Waals surface area contributed by atoms with Crippen LogP contribution in [0.25, 0.3) is 0 Å². The van der Waals surface area contributed by atoms with Crippen LogP contribution in [0.3, 0.4) is 0 Å². The van der Waals surface area contributed by atoms with E-state index in [1.54, 1.807) is 13.2 Å². The van der Waals surface area contributed by atoms with Crippen molar-refractivity contribution in [1.29, 1.82) is 0 Å². The van der Waals surface area contributed by atoms with Crippen molar-refractivity contribution in [3.05, 3.63) is 47.2 Å². The van der Waals surface area contributed by atoms with Gasteiger partial charge in [-0.15, -0.1) is 0 Å². The molecule has 0 atom stereocenters. The van der Waals surface area contributed by atoms with Gasteiger partial charge in [-0.3, -0.25) is 9.67 Å². The zero-order valence-corrected chi connectivity index (χ0v) is 14.8. The molecule has 0 amide bonds. The Morgan fingerprint density at radius 3 is 2.91 bits per heavy atom. The summed E-state index contributed by atoms with van der Waals surface area (Å²) in [4.78, 5) is 4.19. The molecular weight excluding hydrogens is 358 g/mol. The molecule has 2 aromatic rings. The number of aryl methyl sites for hydroxylation is 1. The van der Waals surface area contributed by atoms with Crippen molar-refractivity contribution in [3.8, 4) is 5.75 Å². The third-order valence-electron chi connectivity index (χ3n) is 3.10. The van der Waals surface area contributed by atoms with Crippen molar-refractivity contribution in [3.63, 3.8) is 0 Å². The van der Waals surface area contributed by atoms with Gasteiger partial charge in [-0.1, -0.05) is 22.0 Å². The van der Waals surface area contributed by atoms with E-state index in [1.807, 2.05) is 41.2 Å². The smallest absolute Gasteiger partial charge is 0.191 e. The van der Waals surface area contributed by atoms with Crippen LogP contribution in [0.15, 0.2) is 52.2 Å². The lowest BCUT2D eigenvalue weighted by atomic mass is 10.3. The maximum Gasteiger partial charge on any atom is 0.191 e. The summed E-state index contributed by atoms with van der Waals surface area (Å²) < 4.78 is 8.60. The van der Waals surface area contributed by atoms with E-state index in [2.05, 4.69) is 36.7 Å². The lowest BCUT2D eigenvalue weighted by Gasteiger charge is -2.12. The Morgan fingerprint density at radius 2 is 2.17 bits per heavy atom. The third kappa shape index (κ3) is 6.73. The fourth-order valence-corrected chi connectivity index (χ4v) is 2.37. The minimum Gasteiger partial charge on any atom is -0.492 e. The van der Waals surface area contributed by atoms with E-state index in [9.17, 15) is 0 Å². The number of aliphatic imine (C=N–C) groups is 1. The molecule has 1 aromatic heterocycles. The molecule has 7 heteroatoms. The van der Waals surface area contributed by atoms with Gasteiger partial charge in [0.1, 0.15) is 12.4 Å². The molecule has 0 radical (unpaired) electrons. The van der Waals surface area contributed by atoms with Crippen molar-refractivity contribution < 1.29 is 4.74 Å². The van der Waals surface area contributed by atoms with Crippen LogP contribution in [0.4, 0.5) is 0 Å². The molecule has 0 unspecified atom stereocenters. The van der Waals surface area contributed by atoms with Crippen molar-refractivity contribution in [2.45, 2.75) is 13.0 Å². The summed E-state index contributed by atoms with van der Waals surface area (Å²) in [6, 6.07) is 9.74. The van der Waals surface area contributed by atoms with E-state index < -0.39 is 0 Å². The topological polar surface area (TPSA) is 63.5 Å². The van der Waals surface area contributed by atoms with Gasteiger partial charge in [0, 0.05) is 37.0 Å². The van der Waals surface area contributed by atoms with Gasteiger partial charge in [0.2, 0.25) is 0 Å². The number of halogens is 1. The van der Waals surface area contributed by atoms with Gasteiger partial charge >= 0.3 is 0 Å². The zero-order chi connectivity index (χ0) is 16.3. The van der Waals surface area contributed by atoms with E-state index in [-0.39, 0.29) is 0 Å². The number of rotatable bonds is 8. The first-order valence-electron chi connectivity index (χ1n) is 7.58. The van der Waals surface area contributed by atoms with Gasteiger partial charge in [0.05, 0.1) is 6.54 Å². The molecule has 23 heavy (non-hydrogen) atoms. The van der Waals surface area contributed by atoms with Gasteiger partial charge in [-0.25, -0.2) is 0 Å². The van der Waals surface area contributed by atoms with Crippen molar-refractivity contribution in [1.82, 2.24) is 20.4 Å². The Balaban J connectivity index is 1.57. The summed E-state index contributed by atoms with van der Waals surface area (Å²) in [6.45, 7) is 2.99. The van der Waals surface area contributed by atoms with Gasteiger partial charge in [-0.2, -0.15) is 5.10 Å². The van der Waals surface area contributed by atoms with Crippen LogP contribution in [0, 0.1) is 0 Å². The average molecular weight is 380 g/mol. The Kier molecular flexibility index (Phi) is 7.45. The molecule has 0 fully saturated rings. The van der Waals surface area contributed by atoms with E-state index in [1.165, 1.54) is 0 Å². The number of benzene rings is 1. The average Bonchev–Trinajstić information content (AvgIpc) is 3.07. The highest BCUT2D eigenvalue weighted by Gasteiger charge is 1.98. The lowest BCUT2D eigenvalue weighted by Crippen LogP contribution is -2.39. The number of guanidine groups is 1. The second-order valence-electron chi connectivity index (χ2n) is 4.85. The monoisotopic (exact) mass is 379 g/mol. The number of ether oxygens (including phenoxy) is 1. The maximum atomic E-state index is 5.67. The summed E-state index contributed by atoms with van der Waals surface area (Å²) in [5.74, 6) is 1.63. The minimum atomic E-state index is 0.574. The highest BCUT2D eigenvalue weighted by atomic mass is 79.9. The van der Waals surface area contributed by atoms with Gasteiger partial charge in [-0.05, 0) is 30.7 Å². The third-order valence-corrected chi connectivity index (χ3v) is 3.59. The summed E-state index contributed by atoms with van der Waals surface area (Å²) in [5, 5.41) is 10.7. The second kappa shape index (κ2) is 9.89. The molecule has 0 saturated carbocycles. The Bertz CT molecular complexity index is 600. The molecule has 1 heterocycles. The standard InChI is InChI=1S/C16H22BrN5O/c1-18-16(19-7-3-10-22-11-4-8-21-22)20-9-12-23-15-6-2-5-14(17)13-15/h2,4-6,8,11,13H,3,7,9-10,12H2,1H3,(H2,18,19,20). The molecule has 2 rings (SSSR count). The quantitative estimate of drug-likeness (QED) is 0.419. The fourth-order valence-electron chi connectivity index (χ4n) is 2.00. The molecule has 0 aliphatic heterocycles. The highest BCUT2D eigenvalue weighted by Crippen LogP contribution is 2.17. The van der Waals surface area contributed by atoms with Crippen LogP contribution in [-0.4, -0.2) is 42.5 Å². The van der Waals surface area contributed by atoms with Crippen molar-refractivity contribution in [2.75, 3.05) is 26.7 Å². The number of hydrogen-bond acceptors (Lipinski definition) is 3. The number of nitrogens with zero attached hydrogens (tertiary/aromatic N) is 3. The van der Waals surface area contributed by atoms with E-state index in [4.69, 9.17) is 4.74 Å². The SMILES string of the molecule is CN=C(NCCCn1cccn1)NCCOc1cccc(Br)c1. The highest BCUT2D eigenvalue weighted by molar-refractivity contribution is 9.10. The molecule has 0 aliphatic rings. The molecule has 0 aliphatic carbocycles. The van der Waals surface area contributed by atoms with Crippen LogP contribution >= 0.6 is 15.9 Å². The maximum absolute atomic E-state index is 5.67. The lowest BCUT2D eigenvalue weighted by molar-refractivity contribution is 0.321.